The van der Waals surface area contributed by atoms with Gasteiger partial charge in [-0.3, -0.25) is 9.59 Å². The van der Waals surface area contributed by atoms with E-state index in [0.717, 1.165) is 0 Å². The Hall–Kier alpha value is -4.33. The molecule has 0 saturated carbocycles. The highest BCUT2D eigenvalue weighted by Gasteiger charge is 2.18. The van der Waals surface area contributed by atoms with Crippen molar-refractivity contribution in [1.29, 1.82) is 0 Å². The number of fused-ring (bicyclic) bond motifs is 1. The Labute approximate surface area is 194 Å². The van der Waals surface area contributed by atoms with Gasteiger partial charge in [0, 0.05) is 25.6 Å². The lowest BCUT2D eigenvalue weighted by atomic mass is 10.0. The van der Waals surface area contributed by atoms with Crippen LogP contribution in [0.15, 0.2) is 77.6 Å². The summed E-state index contributed by atoms with van der Waals surface area (Å²) < 4.78 is 19.1. The molecule has 0 aliphatic rings. The zero-order valence-electron chi connectivity index (χ0n) is 18.5. The molecule has 0 fully saturated rings. The molecule has 8 heteroatoms. The summed E-state index contributed by atoms with van der Waals surface area (Å²) in [5.41, 5.74) is 1.53. The lowest BCUT2D eigenvalue weighted by molar-refractivity contribution is -0.133. The van der Waals surface area contributed by atoms with Crippen molar-refractivity contribution >= 4 is 22.8 Å². The fraction of sp³-hybridized carbons (Fsp3) is 0.154. The Bertz CT molecular complexity index is 1420. The van der Waals surface area contributed by atoms with Gasteiger partial charge in [0.1, 0.15) is 11.6 Å². The van der Waals surface area contributed by atoms with Crippen LogP contribution in [-0.4, -0.2) is 40.4 Å². The van der Waals surface area contributed by atoms with Gasteiger partial charge in [-0.1, -0.05) is 48.5 Å². The third kappa shape index (κ3) is 5.17. The van der Waals surface area contributed by atoms with E-state index in [1.54, 1.807) is 66.7 Å². The maximum absolute atomic E-state index is 13.8. The fourth-order valence-corrected chi connectivity index (χ4v) is 3.56. The highest BCUT2D eigenvalue weighted by atomic mass is 19.1. The number of carbonyl (C=O) groups excluding carboxylic acids is 2. The molecule has 0 atom stereocenters. The molecule has 1 N–H and O–H groups in total. The number of nitrogens with one attached hydrogen (secondary N) is 1. The molecule has 0 unspecified atom stereocenters. The van der Waals surface area contributed by atoms with E-state index >= 15 is 0 Å². The Morgan fingerprint density at radius 1 is 0.971 bits per heavy atom. The smallest absolute Gasteiger partial charge is 0.338 e. The summed E-state index contributed by atoms with van der Waals surface area (Å²) in [7, 11) is 1.51. The van der Waals surface area contributed by atoms with Gasteiger partial charge in [-0.25, -0.2) is 14.2 Å². The van der Waals surface area contributed by atoms with Crippen LogP contribution in [0.2, 0.25) is 0 Å². The molecule has 172 valence electrons. The third-order valence-electron chi connectivity index (χ3n) is 5.37. The third-order valence-corrected chi connectivity index (χ3v) is 5.37. The van der Waals surface area contributed by atoms with E-state index in [1.807, 2.05) is 0 Å². The molecule has 0 bridgehead atoms. The number of para-hydroxylation sites is 1. The van der Waals surface area contributed by atoms with Gasteiger partial charge >= 0.3 is 5.97 Å². The molecule has 4 rings (SSSR count). The fourth-order valence-electron chi connectivity index (χ4n) is 3.56. The van der Waals surface area contributed by atoms with Crippen LogP contribution in [0.5, 0.6) is 0 Å². The minimum Gasteiger partial charge on any atom is -0.452 e. The SMILES string of the molecule is CN(Cc1ccccc1F)C(=O)COC(=O)c1ccccc1Cc1nc2ccccc2c(=O)[nH]1. The molecule has 0 aliphatic heterocycles. The number of aromatic amines is 1. The maximum atomic E-state index is 13.8. The van der Waals surface area contributed by atoms with Gasteiger partial charge < -0.3 is 14.6 Å². The zero-order chi connectivity index (χ0) is 24.1. The topological polar surface area (TPSA) is 92.4 Å². The first-order valence-corrected chi connectivity index (χ1v) is 10.6. The van der Waals surface area contributed by atoms with Crippen LogP contribution in [0.25, 0.3) is 10.9 Å². The van der Waals surface area contributed by atoms with Crippen LogP contribution in [0.1, 0.15) is 27.3 Å². The number of aromatic nitrogens is 2. The van der Waals surface area contributed by atoms with E-state index < -0.39 is 24.3 Å². The minimum absolute atomic E-state index is 0.0562. The summed E-state index contributed by atoms with van der Waals surface area (Å²) in [6.45, 7) is -0.427. The number of nitrogens with zero attached hydrogens (tertiary/aromatic N) is 2. The lowest BCUT2D eigenvalue weighted by Gasteiger charge is -2.18. The van der Waals surface area contributed by atoms with E-state index in [1.165, 1.54) is 18.0 Å². The van der Waals surface area contributed by atoms with E-state index in [2.05, 4.69) is 9.97 Å². The Balaban J connectivity index is 1.44. The molecule has 34 heavy (non-hydrogen) atoms. The van der Waals surface area contributed by atoms with Gasteiger partial charge in [-0.05, 0) is 29.8 Å². The number of likely N-dealkylation sites (N-methyl/N-ethyl adjacent to an activating group) is 1. The first kappa shape index (κ1) is 22.8. The van der Waals surface area contributed by atoms with E-state index in [4.69, 9.17) is 4.74 Å². The van der Waals surface area contributed by atoms with Gasteiger partial charge in [-0.2, -0.15) is 0 Å². The van der Waals surface area contributed by atoms with Crippen LogP contribution in [-0.2, 0) is 22.5 Å². The normalized spacial score (nSPS) is 10.8. The number of benzene rings is 3. The monoisotopic (exact) mass is 459 g/mol. The van der Waals surface area contributed by atoms with Crippen molar-refractivity contribution in [3.63, 3.8) is 0 Å². The van der Waals surface area contributed by atoms with Crippen molar-refractivity contribution in [1.82, 2.24) is 14.9 Å². The second-order valence-electron chi connectivity index (χ2n) is 7.78. The van der Waals surface area contributed by atoms with Gasteiger partial charge in [0.2, 0.25) is 0 Å². The molecule has 4 aromatic rings. The van der Waals surface area contributed by atoms with E-state index in [-0.39, 0.29) is 24.1 Å². The molecule has 0 radical (unpaired) electrons. The molecule has 3 aromatic carbocycles. The van der Waals surface area contributed by atoms with Crippen LogP contribution in [0.3, 0.4) is 0 Å². The average Bonchev–Trinajstić information content (AvgIpc) is 2.84. The maximum Gasteiger partial charge on any atom is 0.338 e. The van der Waals surface area contributed by atoms with Gasteiger partial charge in [-0.15, -0.1) is 0 Å². The van der Waals surface area contributed by atoms with Gasteiger partial charge in [0.05, 0.1) is 16.5 Å². The number of hydrogen-bond donors (Lipinski definition) is 1. The lowest BCUT2D eigenvalue weighted by Crippen LogP contribution is -2.31. The summed E-state index contributed by atoms with van der Waals surface area (Å²) in [5.74, 6) is -1.14. The average molecular weight is 459 g/mol. The molecular weight excluding hydrogens is 437 g/mol. The highest BCUT2D eigenvalue weighted by molar-refractivity contribution is 5.92. The molecular formula is C26H22FN3O4. The molecule has 1 heterocycles. The molecule has 1 amide bonds. The summed E-state index contributed by atoms with van der Waals surface area (Å²) in [6, 6.07) is 19.9. The van der Waals surface area contributed by atoms with Crippen molar-refractivity contribution in [3.8, 4) is 0 Å². The predicted molar refractivity (Wildman–Crippen MR) is 125 cm³/mol. The highest BCUT2D eigenvalue weighted by Crippen LogP contribution is 2.15. The summed E-state index contributed by atoms with van der Waals surface area (Å²) in [5, 5.41) is 0.483. The molecule has 0 aliphatic carbocycles. The predicted octanol–water partition coefficient (Wildman–Crippen LogP) is 3.47. The number of amides is 1. The Morgan fingerprint density at radius 3 is 2.44 bits per heavy atom. The van der Waals surface area contributed by atoms with E-state index in [0.29, 0.717) is 27.9 Å². The summed E-state index contributed by atoms with van der Waals surface area (Å²) >= 11 is 0. The standard InChI is InChI=1S/C26H22FN3O4/c1-30(15-18-9-3-6-12-21(18)27)24(31)16-34-26(33)19-10-4-2-8-17(19)14-23-28-22-13-7-5-11-20(22)25(32)29-23/h2-13H,14-16H2,1H3,(H,28,29,32). The van der Waals surface area contributed by atoms with E-state index in [9.17, 15) is 18.8 Å². The Kier molecular flexibility index (Phi) is 6.77. The van der Waals surface area contributed by atoms with Gasteiger partial charge in [0.25, 0.3) is 11.5 Å². The Morgan fingerprint density at radius 2 is 1.65 bits per heavy atom. The number of H-pyrrole nitrogens is 1. The largest absolute Gasteiger partial charge is 0.452 e. The second kappa shape index (κ2) is 10.1. The first-order valence-electron chi connectivity index (χ1n) is 10.6. The number of carbonyl (C=O) groups is 2. The number of hydrogen-bond acceptors (Lipinski definition) is 5. The minimum atomic E-state index is -0.675. The first-order chi connectivity index (χ1) is 16.4. The van der Waals surface area contributed by atoms with Crippen molar-refractivity contribution in [3.05, 3.63) is 111 Å². The molecule has 0 saturated heterocycles. The molecule has 7 nitrogen and oxygen atoms in total. The number of ether oxygens (including phenoxy) is 1. The van der Waals surface area contributed by atoms with Crippen molar-refractivity contribution in [2.24, 2.45) is 0 Å². The second-order valence-corrected chi connectivity index (χ2v) is 7.78. The number of halogens is 1. The number of rotatable bonds is 7. The van der Waals surface area contributed by atoms with Crippen molar-refractivity contribution < 1.29 is 18.7 Å². The van der Waals surface area contributed by atoms with Crippen LogP contribution in [0.4, 0.5) is 4.39 Å². The summed E-state index contributed by atoms with van der Waals surface area (Å²) in [6.07, 6.45) is 0.201. The quantitative estimate of drug-likeness (QED) is 0.427. The zero-order valence-corrected chi connectivity index (χ0v) is 18.5. The van der Waals surface area contributed by atoms with Crippen LogP contribution in [0, 0.1) is 5.82 Å². The number of esters is 1. The van der Waals surface area contributed by atoms with Crippen molar-refractivity contribution in [2.75, 3.05) is 13.7 Å². The molecule has 1 aromatic heterocycles. The molecule has 0 spiro atoms. The van der Waals surface area contributed by atoms with Gasteiger partial charge in [0.15, 0.2) is 6.61 Å². The van der Waals surface area contributed by atoms with Crippen molar-refractivity contribution in [2.45, 2.75) is 13.0 Å². The van der Waals surface area contributed by atoms with Crippen LogP contribution < -0.4 is 5.56 Å². The van der Waals surface area contributed by atoms with Crippen LogP contribution >= 0.6 is 0 Å². The summed E-state index contributed by atoms with van der Waals surface area (Å²) in [4.78, 5) is 46.0.